The molecule has 0 spiro atoms. The minimum absolute atomic E-state index is 0. The fourth-order valence-corrected chi connectivity index (χ4v) is 16.2. The van der Waals surface area contributed by atoms with Crippen LogP contribution >= 0.6 is 15.9 Å². The van der Waals surface area contributed by atoms with Gasteiger partial charge in [0.05, 0.1) is 72.6 Å². The number of hydrogen-bond donors (Lipinski definition) is 0. The van der Waals surface area contributed by atoms with E-state index in [1.807, 2.05) is 12.5 Å². The van der Waals surface area contributed by atoms with Crippen LogP contribution in [0.4, 0.5) is 0 Å². The van der Waals surface area contributed by atoms with Crippen LogP contribution in [0.5, 0.6) is 0 Å². The third-order valence-corrected chi connectivity index (χ3v) is 22.3. The van der Waals surface area contributed by atoms with Crippen molar-refractivity contribution in [2.24, 2.45) is 0 Å². The van der Waals surface area contributed by atoms with Gasteiger partial charge in [0.1, 0.15) is 24.8 Å². The number of aromatic nitrogens is 6. The van der Waals surface area contributed by atoms with Gasteiger partial charge in [-0.25, -0.2) is 56.9 Å². The van der Waals surface area contributed by atoms with Crippen molar-refractivity contribution in [3.05, 3.63) is 64.4 Å². The Hall–Kier alpha value is -0.0536. The van der Waals surface area contributed by atoms with Crippen molar-refractivity contribution >= 4 is 56.0 Å². The molecule has 0 aliphatic rings. The molecule has 0 aliphatic heterocycles. The largest absolute Gasteiger partial charge is 1.00 e. The van der Waals surface area contributed by atoms with Crippen LogP contribution in [-0.2, 0) is 72.8 Å². The molecule has 0 atom stereocenters. The summed E-state index contributed by atoms with van der Waals surface area (Å²) in [4.78, 5) is 4.08. The summed E-state index contributed by atoms with van der Waals surface area (Å²) in [6, 6.07) is 0. The van der Waals surface area contributed by atoms with E-state index in [0.717, 1.165) is 11.9 Å². The molecule has 16 nitrogen and oxygen atoms in total. The summed E-state index contributed by atoms with van der Waals surface area (Å²) in [5, 5.41) is 1.16. The average Bonchev–Trinajstić information content (AvgIpc) is 1.54. The molecule has 3 aromatic rings. The molecule has 0 amide bonds. The summed E-state index contributed by atoms with van der Waals surface area (Å²) in [5.41, 5.74) is 0. The Balaban J connectivity index is -0.000000396. The molecule has 0 radical (unpaired) electrons. The summed E-state index contributed by atoms with van der Waals surface area (Å²) < 4.78 is 97.3. The van der Waals surface area contributed by atoms with Gasteiger partial charge in [0.25, 0.3) is 0 Å². The Labute approximate surface area is 694 Å². The molecule has 0 unspecified atom stereocenters. The quantitative estimate of drug-likeness (QED) is 0.0228. The number of hydrogen-bond acceptors (Lipinski definition) is 9. The van der Waals surface area contributed by atoms with Crippen LogP contribution in [0, 0.1) is 0 Å². The van der Waals surface area contributed by atoms with Gasteiger partial charge in [-0.2, -0.15) is 0 Å². The average molecular weight is 1680 g/mol. The number of halogens is 2. The number of alkyl halides is 1. The Kier molecular flexibility index (Phi) is 88.8. The summed E-state index contributed by atoms with van der Waals surface area (Å²) in [5.74, 6) is 0. The maximum absolute atomic E-state index is 10.1. The van der Waals surface area contributed by atoms with Crippen LogP contribution in [-0.4, -0.2) is 82.7 Å². The first-order valence-corrected chi connectivity index (χ1v) is 49.4. The first-order valence-electron chi connectivity index (χ1n) is 40.9. The second-order valence-electron chi connectivity index (χ2n) is 28.3. The summed E-state index contributed by atoms with van der Waals surface area (Å²) in [6.45, 7) is 19.4. The molecule has 0 N–H and O–H groups in total. The maximum atomic E-state index is 10.1. The fourth-order valence-electron chi connectivity index (χ4n) is 11.7. The van der Waals surface area contributed by atoms with Gasteiger partial charge in [-0.15, -0.1) is 0 Å². The summed E-state index contributed by atoms with van der Waals surface area (Å²) in [7, 11) is -15.0. The van der Waals surface area contributed by atoms with Crippen LogP contribution in [0.15, 0.2) is 56.2 Å². The topological polar surface area (TPSA) is 200 Å². The van der Waals surface area contributed by atoms with Crippen molar-refractivity contribution in [2.45, 2.75) is 421 Å². The van der Waals surface area contributed by atoms with Gasteiger partial charge in [0.2, 0.25) is 12.7 Å². The minimum Gasteiger partial charge on any atom is -1.00 e. The van der Waals surface area contributed by atoms with Gasteiger partial charge in [0, 0.05) is 49.3 Å². The van der Waals surface area contributed by atoms with Gasteiger partial charge in [-0.1, -0.05) is 353 Å². The molecule has 3 aromatic heterocycles. The molecule has 23 heteroatoms. The van der Waals surface area contributed by atoms with E-state index in [9.17, 15) is 33.7 Å². The number of unbranched alkanes of at least 4 members (excludes halogenated alkanes) is 48. The fraction of sp³-hybridized carbons (Fsp3) is 0.886. The van der Waals surface area contributed by atoms with Crippen molar-refractivity contribution < 1.29 is 111 Å². The normalized spacial score (nSPS) is 11.3. The zero-order chi connectivity index (χ0) is 74.8. The number of aryl methyl sites for hydroxylation is 5. The molecule has 0 fully saturated rings. The van der Waals surface area contributed by atoms with E-state index < -0.39 is 40.1 Å². The Bertz CT molecular complexity index is 2400. The summed E-state index contributed by atoms with van der Waals surface area (Å²) in [6.07, 6.45) is 99.1. The van der Waals surface area contributed by atoms with Crippen LogP contribution in [0.25, 0.3) is 8.25 Å². The molecule has 3 rings (SSSR count). The molecule has 0 aromatic carbocycles. The Morgan fingerprint density at radius 1 is 0.304 bits per heavy atom. The molecule has 102 heavy (non-hydrogen) atoms. The standard InChI is InChI=1S/2C25H49N2.C21H40N2.C4H9Br.2C2H6NO4S2.BrH.K/c2*1-3-5-7-8-9-10-11-12-13-14-15-16-17-18-19-20-22-27-24-23-26(25-27)21-6-4-2;1-2-3-4-5-6-7-8-9-10-11-12-13-14-15-16-17-19-23-20-18-22-21-23;1-2-3-4-5;2*1-8(4,5)3-9(2,6)7;;/h2*23-25H,3-22H2,1-2H3;18,20-21H,2-17,19H2,1H3;2-4H2,1H3;2*1-2H3;1H;/q2*+1;;;2*-1;;+1/p-1. The van der Waals surface area contributed by atoms with E-state index in [-0.39, 0.29) is 68.4 Å². The van der Waals surface area contributed by atoms with Crippen LogP contribution < -0.4 is 77.5 Å². The molecule has 0 saturated heterocycles. The number of nitrogens with zero attached hydrogens (tertiary/aromatic N) is 8. The predicted molar refractivity (Wildman–Crippen MR) is 435 cm³/mol. The smallest absolute Gasteiger partial charge is 1.00 e. The van der Waals surface area contributed by atoms with Gasteiger partial charge >= 0.3 is 51.4 Å². The molecule has 0 saturated carbocycles. The van der Waals surface area contributed by atoms with Crippen LogP contribution in [0.3, 0.4) is 0 Å². The number of sulfonamides is 4. The molecular formula is C79H159Br2KN8O8S4. The third-order valence-electron chi connectivity index (χ3n) is 17.4. The number of rotatable bonds is 63. The van der Waals surface area contributed by atoms with Crippen molar-refractivity contribution in [3.8, 4) is 0 Å². The van der Waals surface area contributed by atoms with Crippen LogP contribution in [0.2, 0.25) is 0 Å². The Morgan fingerprint density at radius 2 is 0.520 bits per heavy atom. The number of imidazole rings is 3. The van der Waals surface area contributed by atoms with Gasteiger partial charge < -0.3 is 29.8 Å². The van der Waals surface area contributed by atoms with E-state index in [0.29, 0.717) is 25.0 Å². The van der Waals surface area contributed by atoms with Crippen molar-refractivity contribution in [3.63, 3.8) is 0 Å². The molecule has 3 heterocycles. The zero-order valence-corrected chi connectivity index (χ0v) is 77.4. The molecule has 0 bridgehead atoms. The monoisotopic (exact) mass is 1670 g/mol. The maximum Gasteiger partial charge on any atom is 1.00 e. The second-order valence-corrected chi connectivity index (χ2v) is 36.2. The van der Waals surface area contributed by atoms with Crippen molar-refractivity contribution in [2.75, 3.05) is 30.4 Å². The van der Waals surface area contributed by atoms with Gasteiger partial charge in [-0.05, 0) is 51.4 Å². The van der Waals surface area contributed by atoms with Gasteiger partial charge in [0.15, 0.2) is 0 Å². The molecular weight excluding hydrogens is 1520 g/mol. The van der Waals surface area contributed by atoms with Gasteiger partial charge in [-0.3, -0.25) is 0 Å². The van der Waals surface area contributed by atoms with E-state index in [4.69, 9.17) is 0 Å². The van der Waals surface area contributed by atoms with E-state index in [1.54, 1.807) is 0 Å². The molecule has 602 valence electrons. The zero-order valence-electron chi connectivity index (χ0n) is 67.9. The minimum atomic E-state index is -3.74. The molecule has 0 aliphatic carbocycles. The Morgan fingerprint density at radius 3 is 0.706 bits per heavy atom. The van der Waals surface area contributed by atoms with Crippen molar-refractivity contribution in [1.29, 1.82) is 0 Å². The van der Waals surface area contributed by atoms with E-state index in [1.165, 1.54) is 373 Å². The van der Waals surface area contributed by atoms with Crippen LogP contribution in [0.1, 0.15) is 388 Å². The first-order chi connectivity index (χ1) is 48.0. The summed E-state index contributed by atoms with van der Waals surface area (Å²) >= 11 is 3.31. The van der Waals surface area contributed by atoms with E-state index in [2.05, 4.69) is 137 Å². The van der Waals surface area contributed by atoms with E-state index >= 15 is 0 Å². The SMILES string of the molecule is CCCCBr.CCCCCCCCCCCCCCCCCC[n+]1ccn(CCCC)c1.CCCCCCCCCCCCCCCCCC[n+]1ccn(CCCC)c1.CCCCCCCCCCCCCCCCCCn1ccnc1.CS(=O)(=O)[N-]S(C)(=O)=O.CS(=O)(=O)[N-]S(C)(=O)=O.[Br-].[K+]. The first kappa shape index (κ1) is 111. The predicted octanol–water partition coefficient (Wildman–Crippen LogP) is 17.6. The third kappa shape index (κ3) is 96.0. The van der Waals surface area contributed by atoms with Crippen molar-refractivity contribution in [1.82, 2.24) is 18.7 Å². The second kappa shape index (κ2) is 81.9.